The summed E-state index contributed by atoms with van der Waals surface area (Å²) in [5.41, 5.74) is 1.19. The van der Waals surface area contributed by atoms with Gasteiger partial charge in [-0.1, -0.05) is 29.8 Å². The lowest BCUT2D eigenvalue weighted by Crippen LogP contribution is -2.44. The van der Waals surface area contributed by atoms with Gasteiger partial charge in [-0.2, -0.15) is 0 Å². The molecule has 142 valence electrons. The monoisotopic (exact) mass is 480 g/mol. The zero-order chi connectivity index (χ0) is 17.0. The summed E-state index contributed by atoms with van der Waals surface area (Å²) in [6.07, 6.45) is 1.94. The van der Waals surface area contributed by atoms with E-state index in [2.05, 4.69) is 33.5 Å². The van der Waals surface area contributed by atoms with Crippen LogP contribution in [0.15, 0.2) is 29.3 Å². The van der Waals surface area contributed by atoms with Gasteiger partial charge in [0.1, 0.15) is 0 Å². The van der Waals surface area contributed by atoms with Crippen LogP contribution in [0.4, 0.5) is 0 Å². The molecule has 2 N–H and O–H groups in total. The highest BCUT2D eigenvalue weighted by atomic mass is 127. The van der Waals surface area contributed by atoms with Gasteiger partial charge in [-0.3, -0.25) is 9.89 Å². The number of nitrogens with zero attached hydrogens (tertiary/aromatic N) is 2. The molecule has 1 aliphatic heterocycles. The molecule has 0 aromatic heterocycles. The first-order valence-electron chi connectivity index (χ1n) is 8.85. The van der Waals surface area contributed by atoms with Crippen LogP contribution in [0.25, 0.3) is 0 Å². The Hall–Kier alpha value is -0.570. The summed E-state index contributed by atoms with van der Waals surface area (Å²) in [4.78, 5) is 7.06. The summed E-state index contributed by atoms with van der Waals surface area (Å²) < 4.78 is 5.37. The SMILES string of the molecule is CCNC(=NCCCc1ccccc1Cl)NCCN1CCOCC1.I. The normalized spacial score (nSPS) is 15.5. The molecule has 0 atom stereocenters. The fourth-order valence-electron chi connectivity index (χ4n) is 2.66. The van der Waals surface area contributed by atoms with Crippen molar-refractivity contribution >= 4 is 41.5 Å². The van der Waals surface area contributed by atoms with Crippen LogP contribution in [0.3, 0.4) is 0 Å². The van der Waals surface area contributed by atoms with Crippen molar-refractivity contribution in [2.45, 2.75) is 19.8 Å². The Kier molecular flexibility index (Phi) is 12.2. The molecule has 0 saturated carbocycles. The van der Waals surface area contributed by atoms with Gasteiger partial charge in [0.25, 0.3) is 0 Å². The van der Waals surface area contributed by atoms with E-state index in [1.165, 1.54) is 5.56 Å². The Morgan fingerprint density at radius 2 is 2.00 bits per heavy atom. The second-order valence-electron chi connectivity index (χ2n) is 5.84. The van der Waals surface area contributed by atoms with Crippen molar-refractivity contribution in [2.75, 3.05) is 52.5 Å². The standard InChI is InChI=1S/C18H29ClN4O.HI/c1-2-20-18(22-10-11-23-12-14-24-15-13-23)21-9-5-7-16-6-3-4-8-17(16)19;/h3-4,6,8H,2,5,7,9-15H2,1H3,(H2,20,21,22);1H. The number of benzene rings is 1. The van der Waals surface area contributed by atoms with E-state index in [9.17, 15) is 0 Å². The van der Waals surface area contributed by atoms with Crippen LogP contribution in [0.1, 0.15) is 18.9 Å². The molecule has 1 aliphatic rings. The van der Waals surface area contributed by atoms with Gasteiger partial charge in [0.05, 0.1) is 13.2 Å². The van der Waals surface area contributed by atoms with Crippen molar-refractivity contribution in [3.05, 3.63) is 34.9 Å². The van der Waals surface area contributed by atoms with Gasteiger partial charge in [-0.15, -0.1) is 24.0 Å². The predicted molar refractivity (Wildman–Crippen MR) is 116 cm³/mol. The third kappa shape index (κ3) is 9.08. The lowest BCUT2D eigenvalue weighted by molar-refractivity contribution is 0.0389. The zero-order valence-electron chi connectivity index (χ0n) is 15.0. The van der Waals surface area contributed by atoms with E-state index in [1.54, 1.807) is 0 Å². The fourth-order valence-corrected chi connectivity index (χ4v) is 2.89. The Labute approximate surface area is 173 Å². The van der Waals surface area contributed by atoms with E-state index in [4.69, 9.17) is 16.3 Å². The van der Waals surface area contributed by atoms with Gasteiger partial charge in [0, 0.05) is 44.3 Å². The summed E-state index contributed by atoms with van der Waals surface area (Å²) in [6.45, 7) is 9.39. The number of rotatable bonds is 8. The second-order valence-corrected chi connectivity index (χ2v) is 6.24. The molecule has 0 aliphatic carbocycles. The summed E-state index contributed by atoms with van der Waals surface area (Å²) in [7, 11) is 0. The zero-order valence-corrected chi connectivity index (χ0v) is 18.1. The molecule has 0 amide bonds. The van der Waals surface area contributed by atoms with E-state index in [-0.39, 0.29) is 24.0 Å². The first-order chi connectivity index (χ1) is 11.8. The van der Waals surface area contributed by atoms with E-state index < -0.39 is 0 Å². The van der Waals surface area contributed by atoms with Crippen molar-refractivity contribution in [1.29, 1.82) is 0 Å². The molecular weight excluding hydrogens is 451 g/mol. The molecule has 0 bridgehead atoms. The number of guanidine groups is 1. The average Bonchev–Trinajstić information content (AvgIpc) is 2.61. The van der Waals surface area contributed by atoms with Crippen LogP contribution in [-0.2, 0) is 11.2 Å². The highest BCUT2D eigenvalue weighted by Gasteiger charge is 2.09. The highest BCUT2D eigenvalue weighted by Crippen LogP contribution is 2.16. The summed E-state index contributed by atoms with van der Waals surface area (Å²) in [6, 6.07) is 8.02. The number of aliphatic imine (C=N–C) groups is 1. The van der Waals surface area contributed by atoms with Crippen LogP contribution in [-0.4, -0.2) is 63.3 Å². The van der Waals surface area contributed by atoms with E-state index >= 15 is 0 Å². The molecule has 0 unspecified atom stereocenters. The molecule has 0 spiro atoms. The van der Waals surface area contributed by atoms with Crippen LogP contribution in [0, 0.1) is 0 Å². The lowest BCUT2D eigenvalue weighted by Gasteiger charge is -2.26. The maximum Gasteiger partial charge on any atom is 0.191 e. The number of hydrogen-bond donors (Lipinski definition) is 2. The smallest absolute Gasteiger partial charge is 0.191 e. The van der Waals surface area contributed by atoms with Gasteiger partial charge in [-0.25, -0.2) is 0 Å². The third-order valence-electron chi connectivity index (χ3n) is 4.00. The molecule has 1 fully saturated rings. The first kappa shape index (κ1) is 22.5. The minimum atomic E-state index is 0. The molecular formula is C18H30ClIN4O. The first-order valence-corrected chi connectivity index (χ1v) is 9.23. The van der Waals surface area contributed by atoms with Gasteiger partial charge in [-0.05, 0) is 31.4 Å². The van der Waals surface area contributed by atoms with Crippen LogP contribution < -0.4 is 10.6 Å². The Balaban J connectivity index is 0.00000312. The van der Waals surface area contributed by atoms with Crippen molar-refractivity contribution in [1.82, 2.24) is 15.5 Å². The van der Waals surface area contributed by atoms with Gasteiger partial charge in [0.15, 0.2) is 5.96 Å². The highest BCUT2D eigenvalue weighted by molar-refractivity contribution is 14.0. The molecule has 1 heterocycles. The Morgan fingerprint density at radius 3 is 2.72 bits per heavy atom. The number of nitrogens with one attached hydrogen (secondary N) is 2. The predicted octanol–water partition coefficient (Wildman–Crippen LogP) is 2.78. The molecule has 7 heteroatoms. The molecule has 5 nitrogen and oxygen atoms in total. The summed E-state index contributed by atoms with van der Waals surface area (Å²) in [5, 5.41) is 7.55. The van der Waals surface area contributed by atoms with Gasteiger partial charge in [0.2, 0.25) is 0 Å². The average molecular weight is 481 g/mol. The van der Waals surface area contributed by atoms with Crippen molar-refractivity contribution in [3.8, 4) is 0 Å². The maximum absolute atomic E-state index is 6.18. The summed E-state index contributed by atoms with van der Waals surface area (Å²) >= 11 is 6.18. The van der Waals surface area contributed by atoms with E-state index in [0.717, 1.165) is 76.3 Å². The number of aryl methyl sites for hydroxylation is 1. The number of ether oxygens (including phenoxy) is 1. The van der Waals surface area contributed by atoms with Gasteiger partial charge >= 0.3 is 0 Å². The van der Waals surface area contributed by atoms with Gasteiger partial charge < -0.3 is 15.4 Å². The quantitative estimate of drug-likeness (QED) is 0.260. The largest absolute Gasteiger partial charge is 0.379 e. The van der Waals surface area contributed by atoms with Crippen molar-refractivity contribution in [3.63, 3.8) is 0 Å². The number of halogens is 2. The lowest BCUT2D eigenvalue weighted by atomic mass is 10.1. The minimum Gasteiger partial charge on any atom is -0.379 e. The number of morpholine rings is 1. The van der Waals surface area contributed by atoms with E-state index in [0.29, 0.717) is 0 Å². The Bertz CT molecular complexity index is 510. The third-order valence-corrected chi connectivity index (χ3v) is 4.37. The maximum atomic E-state index is 6.18. The van der Waals surface area contributed by atoms with E-state index in [1.807, 2.05) is 18.2 Å². The molecule has 1 aromatic rings. The molecule has 25 heavy (non-hydrogen) atoms. The van der Waals surface area contributed by atoms with Crippen LogP contribution >= 0.6 is 35.6 Å². The molecule has 1 saturated heterocycles. The summed E-state index contributed by atoms with van der Waals surface area (Å²) in [5.74, 6) is 0.893. The molecule has 0 radical (unpaired) electrons. The van der Waals surface area contributed by atoms with Crippen LogP contribution in [0.5, 0.6) is 0 Å². The van der Waals surface area contributed by atoms with Crippen LogP contribution in [0.2, 0.25) is 5.02 Å². The second kappa shape index (κ2) is 13.6. The Morgan fingerprint density at radius 1 is 1.24 bits per heavy atom. The van der Waals surface area contributed by atoms with Crippen molar-refractivity contribution < 1.29 is 4.74 Å². The molecule has 2 rings (SSSR count). The number of hydrogen-bond acceptors (Lipinski definition) is 3. The molecule has 1 aromatic carbocycles. The fraction of sp³-hybridized carbons (Fsp3) is 0.611. The topological polar surface area (TPSA) is 48.9 Å². The van der Waals surface area contributed by atoms with Crippen molar-refractivity contribution in [2.24, 2.45) is 4.99 Å². The minimum absolute atomic E-state index is 0.